The Kier molecular flexibility index (Phi) is 1.43. The molecule has 0 aliphatic carbocycles. The van der Waals surface area contributed by atoms with Crippen molar-refractivity contribution in [3.63, 3.8) is 0 Å². The molecule has 0 saturated carbocycles. The lowest BCUT2D eigenvalue weighted by Gasteiger charge is -1.90. The van der Waals surface area contributed by atoms with Crippen LogP contribution in [0.1, 0.15) is 0 Å². The molecule has 2 aromatic heterocycles. The van der Waals surface area contributed by atoms with Gasteiger partial charge in [-0.15, -0.1) is 11.3 Å². The zero-order valence-corrected chi connectivity index (χ0v) is 6.47. The van der Waals surface area contributed by atoms with Crippen LogP contribution in [0.25, 0.3) is 10.6 Å². The van der Waals surface area contributed by atoms with Crippen molar-refractivity contribution >= 4 is 11.3 Å². The van der Waals surface area contributed by atoms with Crippen LogP contribution in [-0.4, -0.2) is 5.11 Å². The maximum Gasteiger partial charge on any atom is 0.147 e. The predicted octanol–water partition coefficient (Wildman–Crippen LogP) is 2.71. The lowest BCUT2D eigenvalue weighted by atomic mass is 10.3. The van der Waals surface area contributed by atoms with Crippen LogP contribution in [0.15, 0.2) is 34.3 Å². The first-order valence-corrected chi connectivity index (χ1v) is 4.06. The molecule has 2 nitrogen and oxygen atoms in total. The van der Waals surface area contributed by atoms with E-state index in [0.29, 0.717) is 0 Å². The molecular weight excluding hydrogens is 160 g/mol. The van der Waals surface area contributed by atoms with E-state index in [1.54, 1.807) is 18.4 Å². The maximum atomic E-state index is 9.27. The van der Waals surface area contributed by atoms with Crippen molar-refractivity contribution in [1.29, 1.82) is 0 Å². The van der Waals surface area contributed by atoms with Crippen LogP contribution in [-0.2, 0) is 0 Å². The van der Waals surface area contributed by atoms with Crippen molar-refractivity contribution < 1.29 is 9.52 Å². The van der Waals surface area contributed by atoms with Gasteiger partial charge in [0.25, 0.3) is 0 Å². The lowest BCUT2D eigenvalue weighted by molar-refractivity contribution is 0.476. The highest BCUT2D eigenvalue weighted by Gasteiger charge is 2.06. The Labute approximate surface area is 67.7 Å². The fourth-order valence-electron chi connectivity index (χ4n) is 0.895. The minimum atomic E-state index is 0.282. The number of furan rings is 1. The molecule has 0 radical (unpaired) electrons. The molecule has 0 aliphatic rings. The third-order valence-electron chi connectivity index (χ3n) is 1.39. The first kappa shape index (κ1) is 6.49. The van der Waals surface area contributed by atoms with Gasteiger partial charge in [0.2, 0.25) is 0 Å². The van der Waals surface area contributed by atoms with E-state index in [-0.39, 0.29) is 5.75 Å². The van der Waals surface area contributed by atoms with Crippen LogP contribution in [0.4, 0.5) is 0 Å². The molecular formula is C8H6O2S. The zero-order valence-electron chi connectivity index (χ0n) is 5.65. The normalized spacial score (nSPS) is 10.2. The fourth-order valence-corrected chi connectivity index (χ4v) is 1.65. The maximum absolute atomic E-state index is 9.27. The molecule has 3 heteroatoms. The molecule has 2 aromatic rings. The van der Waals surface area contributed by atoms with Gasteiger partial charge >= 0.3 is 0 Å². The summed E-state index contributed by atoms with van der Waals surface area (Å²) in [5.41, 5.74) is 0. The van der Waals surface area contributed by atoms with Crippen molar-refractivity contribution in [2.24, 2.45) is 0 Å². The Bertz CT molecular complexity index is 335. The molecule has 2 rings (SSSR count). The second-order valence-corrected chi connectivity index (χ2v) is 3.03. The summed E-state index contributed by atoms with van der Waals surface area (Å²) in [6.45, 7) is 0. The summed E-state index contributed by atoms with van der Waals surface area (Å²) in [6.07, 6.45) is 1.59. The Balaban J connectivity index is 2.53. The van der Waals surface area contributed by atoms with Gasteiger partial charge < -0.3 is 9.52 Å². The summed E-state index contributed by atoms with van der Waals surface area (Å²) in [5, 5.41) is 11.1. The van der Waals surface area contributed by atoms with Crippen molar-refractivity contribution in [2.45, 2.75) is 0 Å². The average Bonchev–Trinajstić information content (AvgIpc) is 2.55. The third kappa shape index (κ3) is 1.03. The van der Waals surface area contributed by atoms with Gasteiger partial charge in [-0.25, -0.2) is 0 Å². The number of hydrogen-bond donors (Lipinski definition) is 1. The minimum absolute atomic E-state index is 0.282. The Morgan fingerprint density at radius 3 is 2.82 bits per heavy atom. The standard InChI is InChI=1S/C8H6O2S/c9-6-3-5-11-8(6)7-2-1-4-10-7/h1-5,9H. The molecule has 0 aromatic carbocycles. The Morgan fingerprint density at radius 1 is 1.36 bits per heavy atom. The van der Waals surface area contributed by atoms with E-state index < -0.39 is 0 Å². The molecule has 0 unspecified atom stereocenters. The quantitative estimate of drug-likeness (QED) is 0.706. The van der Waals surface area contributed by atoms with Gasteiger partial charge in [-0.1, -0.05) is 0 Å². The molecule has 0 spiro atoms. The SMILES string of the molecule is Oc1ccsc1-c1ccco1. The van der Waals surface area contributed by atoms with Gasteiger partial charge in [0.1, 0.15) is 16.4 Å². The van der Waals surface area contributed by atoms with Gasteiger partial charge in [0.15, 0.2) is 0 Å². The van der Waals surface area contributed by atoms with E-state index in [1.807, 2.05) is 11.4 Å². The first-order valence-electron chi connectivity index (χ1n) is 3.18. The van der Waals surface area contributed by atoms with Gasteiger partial charge in [-0.2, -0.15) is 0 Å². The predicted molar refractivity (Wildman–Crippen MR) is 43.7 cm³/mol. The third-order valence-corrected chi connectivity index (χ3v) is 2.31. The Morgan fingerprint density at radius 2 is 2.27 bits per heavy atom. The number of thiophene rings is 1. The van der Waals surface area contributed by atoms with Gasteiger partial charge in [0.05, 0.1) is 6.26 Å². The second kappa shape index (κ2) is 2.43. The highest BCUT2D eigenvalue weighted by molar-refractivity contribution is 7.13. The van der Waals surface area contributed by atoms with E-state index in [1.165, 1.54) is 11.3 Å². The van der Waals surface area contributed by atoms with Gasteiger partial charge in [0, 0.05) is 0 Å². The highest BCUT2D eigenvalue weighted by Crippen LogP contribution is 2.34. The molecule has 0 saturated heterocycles. The fraction of sp³-hybridized carbons (Fsp3) is 0. The summed E-state index contributed by atoms with van der Waals surface area (Å²) in [4.78, 5) is 0.787. The van der Waals surface area contributed by atoms with Crippen molar-refractivity contribution in [3.05, 3.63) is 29.8 Å². The van der Waals surface area contributed by atoms with E-state index >= 15 is 0 Å². The van der Waals surface area contributed by atoms with Crippen LogP contribution in [0, 0.1) is 0 Å². The lowest BCUT2D eigenvalue weighted by Crippen LogP contribution is -1.63. The topological polar surface area (TPSA) is 33.4 Å². The Hall–Kier alpha value is -1.22. The van der Waals surface area contributed by atoms with Gasteiger partial charge in [-0.05, 0) is 23.6 Å². The van der Waals surface area contributed by atoms with E-state index in [9.17, 15) is 5.11 Å². The van der Waals surface area contributed by atoms with E-state index in [0.717, 1.165) is 10.6 Å². The summed E-state index contributed by atoms with van der Waals surface area (Å²) >= 11 is 1.46. The van der Waals surface area contributed by atoms with Crippen LogP contribution in [0.5, 0.6) is 5.75 Å². The number of aromatic hydroxyl groups is 1. The molecule has 56 valence electrons. The molecule has 1 N–H and O–H groups in total. The summed E-state index contributed by atoms with van der Waals surface area (Å²) in [7, 11) is 0. The van der Waals surface area contributed by atoms with Crippen molar-refractivity contribution in [2.75, 3.05) is 0 Å². The monoisotopic (exact) mass is 166 g/mol. The molecule has 0 fully saturated rings. The average molecular weight is 166 g/mol. The van der Waals surface area contributed by atoms with Crippen LogP contribution in [0.2, 0.25) is 0 Å². The summed E-state index contributed by atoms with van der Waals surface area (Å²) in [5.74, 6) is 1.00. The van der Waals surface area contributed by atoms with Crippen molar-refractivity contribution in [1.82, 2.24) is 0 Å². The van der Waals surface area contributed by atoms with Gasteiger partial charge in [-0.3, -0.25) is 0 Å². The van der Waals surface area contributed by atoms with E-state index in [2.05, 4.69) is 0 Å². The number of rotatable bonds is 1. The molecule has 0 bridgehead atoms. The molecule has 0 aliphatic heterocycles. The second-order valence-electron chi connectivity index (χ2n) is 2.11. The molecule has 0 atom stereocenters. The number of hydrogen-bond acceptors (Lipinski definition) is 3. The smallest absolute Gasteiger partial charge is 0.147 e. The van der Waals surface area contributed by atoms with Crippen LogP contribution >= 0.6 is 11.3 Å². The first-order chi connectivity index (χ1) is 5.38. The van der Waals surface area contributed by atoms with Crippen LogP contribution in [0.3, 0.4) is 0 Å². The minimum Gasteiger partial charge on any atom is -0.506 e. The van der Waals surface area contributed by atoms with Crippen molar-refractivity contribution in [3.8, 4) is 16.4 Å². The zero-order chi connectivity index (χ0) is 7.68. The van der Waals surface area contributed by atoms with Crippen LogP contribution < -0.4 is 0 Å². The summed E-state index contributed by atoms with van der Waals surface area (Å²) < 4.78 is 5.11. The molecule has 0 amide bonds. The highest BCUT2D eigenvalue weighted by atomic mass is 32.1. The molecule has 11 heavy (non-hydrogen) atoms. The van der Waals surface area contributed by atoms with E-state index in [4.69, 9.17) is 4.42 Å². The molecule has 2 heterocycles. The largest absolute Gasteiger partial charge is 0.506 e. The summed E-state index contributed by atoms with van der Waals surface area (Å²) in [6, 6.07) is 5.28.